The summed E-state index contributed by atoms with van der Waals surface area (Å²) >= 11 is 0. The van der Waals surface area contributed by atoms with E-state index in [4.69, 9.17) is 0 Å². The quantitative estimate of drug-likeness (QED) is 0.662. The molecule has 1 heterocycles. The third-order valence-corrected chi connectivity index (χ3v) is 2.66. The molecule has 0 aliphatic carbocycles. The number of hydrogen-bond donors (Lipinski definition) is 0. The molecule has 1 aromatic carbocycles. The van der Waals surface area contributed by atoms with Gasteiger partial charge in [-0.05, 0) is 31.9 Å². The fourth-order valence-corrected chi connectivity index (χ4v) is 1.88. The molecular weight excluding hydrogens is 198 g/mol. The van der Waals surface area contributed by atoms with Crippen molar-refractivity contribution in [2.75, 3.05) is 13.1 Å². The molecule has 0 aromatic heterocycles. The molecule has 1 aliphatic heterocycles. The van der Waals surface area contributed by atoms with Crippen molar-refractivity contribution < 1.29 is 4.79 Å². The Morgan fingerprint density at radius 2 is 1.88 bits per heavy atom. The van der Waals surface area contributed by atoms with Crippen molar-refractivity contribution in [3.63, 3.8) is 0 Å². The molecular formula is C14H19NO. The second kappa shape index (κ2) is 6.11. The summed E-state index contributed by atoms with van der Waals surface area (Å²) in [6.45, 7) is 9.86. The minimum Gasteiger partial charge on any atom is -0.339 e. The van der Waals surface area contributed by atoms with E-state index in [2.05, 4.69) is 13.2 Å². The number of nitrogens with zero attached hydrogens (tertiary/aromatic N) is 1. The lowest BCUT2D eigenvalue weighted by Crippen LogP contribution is -2.27. The number of amides is 1. The number of rotatable bonds is 1. The van der Waals surface area contributed by atoms with Crippen molar-refractivity contribution in [1.82, 2.24) is 4.90 Å². The Balaban J connectivity index is 0.000000606. The van der Waals surface area contributed by atoms with E-state index in [0.29, 0.717) is 0 Å². The molecule has 1 aliphatic rings. The van der Waals surface area contributed by atoms with Crippen LogP contribution in [-0.2, 0) is 0 Å². The third-order valence-electron chi connectivity index (χ3n) is 2.66. The summed E-state index contributed by atoms with van der Waals surface area (Å²) in [6.07, 6.45) is 2.30. The predicted octanol–water partition coefficient (Wildman–Crippen LogP) is 3.03. The largest absolute Gasteiger partial charge is 0.339 e. The first kappa shape index (κ1) is 12.5. The zero-order chi connectivity index (χ0) is 12.0. The van der Waals surface area contributed by atoms with Crippen LogP contribution in [0.1, 0.15) is 28.8 Å². The molecule has 0 radical (unpaired) electrons. The van der Waals surface area contributed by atoms with Crippen molar-refractivity contribution in [2.24, 2.45) is 0 Å². The number of carbonyl (C=O) groups excluding carboxylic acids is 1. The maximum atomic E-state index is 11.9. The lowest BCUT2D eigenvalue weighted by molar-refractivity contribution is 0.0792. The molecule has 1 fully saturated rings. The smallest absolute Gasteiger partial charge is 0.253 e. The van der Waals surface area contributed by atoms with Gasteiger partial charge in [-0.1, -0.05) is 17.7 Å². The van der Waals surface area contributed by atoms with Gasteiger partial charge in [0.05, 0.1) is 0 Å². The van der Waals surface area contributed by atoms with Crippen LogP contribution in [0.2, 0.25) is 0 Å². The second-order valence-corrected chi connectivity index (χ2v) is 3.87. The highest BCUT2D eigenvalue weighted by Gasteiger charge is 2.18. The van der Waals surface area contributed by atoms with E-state index in [0.717, 1.165) is 37.1 Å². The van der Waals surface area contributed by atoms with Crippen molar-refractivity contribution >= 4 is 5.91 Å². The van der Waals surface area contributed by atoms with Gasteiger partial charge in [-0.25, -0.2) is 0 Å². The molecule has 0 atom stereocenters. The van der Waals surface area contributed by atoms with Gasteiger partial charge < -0.3 is 4.90 Å². The Morgan fingerprint density at radius 1 is 1.25 bits per heavy atom. The van der Waals surface area contributed by atoms with Crippen LogP contribution in [0.3, 0.4) is 0 Å². The van der Waals surface area contributed by atoms with E-state index < -0.39 is 0 Å². The van der Waals surface area contributed by atoms with Gasteiger partial charge in [-0.2, -0.15) is 0 Å². The first-order valence-corrected chi connectivity index (χ1v) is 5.63. The molecule has 2 nitrogen and oxygen atoms in total. The monoisotopic (exact) mass is 217 g/mol. The molecule has 0 unspecified atom stereocenters. The van der Waals surface area contributed by atoms with E-state index >= 15 is 0 Å². The number of likely N-dealkylation sites (tertiary alicyclic amines) is 1. The minimum absolute atomic E-state index is 0.186. The first-order valence-electron chi connectivity index (χ1n) is 5.63. The molecule has 86 valence electrons. The normalized spacial score (nSPS) is 14.2. The topological polar surface area (TPSA) is 20.3 Å². The van der Waals surface area contributed by atoms with Gasteiger partial charge in [-0.3, -0.25) is 4.79 Å². The van der Waals surface area contributed by atoms with Gasteiger partial charge in [0, 0.05) is 18.7 Å². The van der Waals surface area contributed by atoms with Crippen LogP contribution in [0.5, 0.6) is 0 Å². The van der Waals surface area contributed by atoms with E-state index in [1.54, 1.807) is 0 Å². The van der Waals surface area contributed by atoms with Crippen molar-refractivity contribution in [3.8, 4) is 0 Å². The number of benzene rings is 1. The summed E-state index contributed by atoms with van der Waals surface area (Å²) < 4.78 is 0. The van der Waals surface area contributed by atoms with Gasteiger partial charge in [0.25, 0.3) is 5.91 Å². The summed E-state index contributed by atoms with van der Waals surface area (Å²) in [5.41, 5.74) is 1.97. The molecule has 0 saturated carbocycles. The number of hydrogen-bond acceptors (Lipinski definition) is 1. The Hall–Kier alpha value is -1.57. The van der Waals surface area contributed by atoms with Crippen molar-refractivity contribution in [3.05, 3.63) is 48.6 Å². The van der Waals surface area contributed by atoms with Gasteiger partial charge >= 0.3 is 0 Å². The summed E-state index contributed by atoms with van der Waals surface area (Å²) in [7, 11) is 0. The van der Waals surface area contributed by atoms with E-state index in [9.17, 15) is 4.79 Å². The second-order valence-electron chi connectivity index (χ2n) is 3.87. The maximum absolute atomic E-state index is 11.9. The lowest BCUT2D eigenvalue weighted by atomic mass is 10.1. The Labute approximate surface area is 97.6 Å². The fraction of sp³-hybridized carbons (Fsp3) is 0.357. The average molecular weight is 217 g/mol. The zero-order valence-electron chi connectivity index (χ0n) is 9.91. The van der Waals surface area contributed by atoms with Crippen LogP contribution in [0, 0.1) is 6.92 Å². The highest BCUT2D eigenvalue weighted by atomic mass is 16.2. The van der Waals surface area contributed by atoms with Crippen LogP contribution in [-0.4, -0.2) is 23.9 Å². The Kier molecular flexibility index (Phi) is 4.77. The average Bonchev–Trinajstić information content (AvgIpc) is 2.84. The zero-order valence-corrected chi connectivity index (χ0v) is 9.91. The standard InChI is InChI=1S/C12H15NO.C2H4/c1-10-5-4-6-11(9-10)12(14)13-7-2-3-8-13;1-2/h4-6,9H,2-3,7-8H2,1H3;1-2H2. The Bertz CT molecular complexity index is 354. The van der Waals surface area contributed by atoms with Crippen LogP contribution < -0.4 is 0 Å². The molecule has 0 N–H and O–H groups in total. The van der Waals surface area contributed by atoms with Crippen molar-refractivity contribution in [1.29, 1.82) is 0 Å². The third kappa shape index (κ3) is 2.96. The van der Waals surface area contributed by atoms with Crippen LogP contribution in [0.25, 0.3) is 0 Å². The maximum Gasteiger partial charge on any atom is 0.253 e. The van der Waals surface area contributed by atoms with Gasteiger partial charge in [-0.15, -0.1) is 13.2 Å². The van der Waals surface area contributed by atoms with Gasteiger partial charge in [0.2, 0.25) is 0 Å². The van der Waals surface area contributed by atoms with Crippen LogP contribution >= 0.6 is 0 Å². The first-order chi connectivity index (χ1) is 7.77. The summed E-state index contributed by atoms with van der Waals surface area (Å²) in [5.74, 6) is 0.186. The minimum atomic E-state index is 0.186. The van der Waals surface area contributed by atoms with Crippen LogP contribution in [0.15, 0.2) is 37.4 Å². The molecule has 0 bridgehead atoms. The summed E-state index contributed by atoms with van der Waals surface area (Å²) in [5, 5.41) is 0. The molecule has 1 aromatic rings. The van der Waals surface area contributed by atoms with Crippen molar-refractivity contribution in [2.45, 2.75) is 19.8 Å². The molecule has 1 saturated heterocycles. The molecule has 16 heavy (non-hydrogen) atoms. The molecule has 0 spiro atoms. The molecule has 1 amide bonds. The SMILES string of the molecule is C=C.Cc1cccc(C(=O)N2CCCC2)c1. The van der Waals surface area contributed by atoms with E-state index in [1.807, 2.05) is 36.1 Å². The summed E-state index contributed by atoms with van der Waals surface area (Å²) in [4.78, 5) is 13.9. The highest BCUT2D eigenvalue weighted by Crippen LogP contribution is 2.13. The van der Waals surface area contributed by atoms with E-state index in [1.165, 1.54) is 0 Å². The van der Waals surface area contributed by atoms with Crippen LogP contribution in [0.4, 0.5) is 0 Å². The summed E-state index contributed by atoms with van der Waals surface area (Å²) in [6, 6.07) is 7.81. The Morgan fingerprint density at radius 3 is 2.44 bits per heavy atom. The molecule has 2 heteroatoms. The van der Waals surface area contributed by atoms with Gasteiger partial charge in [0.15, 0.2) is 0 Å². The lowest BCUT2D eigenvalue weighted by Gasteiger charge is -2.15. The van der Waals surface area contributed by atoms with E-state index in [-0.39, 0.29) is 5.91 Å². The van der Waals surface area contributed by atoms with Gasteiger partial charge in [0.1, 0.15) is 0 Å². The molecule has 2 rings (SSSR count). The number of aryl methyl sites for hydroxylation is 1. The fourth-order valence-electron chi connectivity index (χ4n) is 1.88. The highest BCUT2D eigenvalue weighted by molar-refractivity contribution is 5.94. The number of carbonyl (C=O) groups is 1. The predicted molar refractivity (Wildman–Crippen MR) is 67.6 cm³/mol.